The highest BCUT2D eigenvalue weighted by molar-refractivity contribution is 5.83. The highest BCUT2D eigenvalue weighted by Gasteiger charge is 2.98. The fraction of sp³-hybridized carbons (Fsp3) is 0.625. The molecule has 0 bridgehead atoms. The van der Waals surface area contributed by atoms with Gasteiger partial charge < -0.3 is 9.84 Å². The van der Waals surface area contributed by atoms with E-state index in [4.69, 9.17) is 5.11 Å². The van der Waals surface area contributed by atoms with E-state index in [-0.39, 0.29) is 0 Å². The van der Waals surface area contributed by atoms with Crippen LogP contribution in [-0.2, 0) is 14.3 Å². The fourth-order valence-electron chi connectivity index (χ4n) is 1.78. The third-order valence-electron chi connectivity index (χ3n) is 4.11. The lowest BCUT2D eigenvalue weighted by Gasteiger charge is -2.44. The number of esters is 1. The zero-order chi connectivity index (χ0) is 35.1. The molecular formula is C16H6F22O4. The minimum absolute atomic E-state index is 0.591. The summed E-state index contributed by atoms with van der Waals surface area (Å²) in [6, 6.07) is 0. The van der Waals surface area contributed by atoms with Crippen LogP contribution in [0.25, 0.3) is 0 Å². The van der Waals surface area contributed by atoms with E-state index in [1.165, 1.54) is 0 Å². The number of ether oxygens (including phenoxy) is 1. The van der Waals surface area contributed by atoms with E-state index >= 15 is 0 Å². The van der Waals surface area contributed by atoms with Crippen LogP contribution in [0.4, 0.5) is 96.6 Å². The van der Waals surface area contributed by atoms with Crippen LogP contribution in [0.5, 0.6) is 0 Å². The predicted octanol–water partition coefficient (Wildman–Crippen LogP) is 7.51. The van der Waals surface area contributed by atoms with Crippen molar-refractivity contribution < 1.29 is 116 Å². The van der Waals surface area contributed by atoms with Gasteiger partial charge in [-0.2, -0.15) is 96.6 Å². The summed E-state index contributed by atoms with van der Waals surface area (Å²) in [5.41, 5.74) is 0. The summed E-state index contributed by atoms with van der Waals surface area (Å²) < 4.78 is 286. The van der Waals surface area contributed by atoms with Crippen LogP contribution in [0.2, 0.25) is 0 Å². The molecule has 0 saturated carbocycles. The van der Waals surface area contributed by atoms with Crippen molar-refractivity contribution in [1.82, 2.24) is 0 Å². The summed E-state index contributed by atoms with van der Waals surface area (Å²) in [6.07, 6.45) is -16.1. The smallest absolute Gasteiger partial charge is 0.473 e. The number of halogens is 22. The van der Waals surface area contributed by atoms with Crippen LogP contribution in [0, 0.1) is 0 Å². The van der Waals surface area contributed by atoms with Crippen molar-refractivity contribution in [1.29, 1.82) is 0 Å². The first-order chi connectivity index (χ1) is 17.8. The normalized spacial score (nSPS) is 14.9. The van der Waals surface area contributed by atoms with E-state index < -0.39 is 83.5 Å². The van der Waals surface area contributed by atoms with Crippen LogP contribution >= 0.6 is 0 Å². The molecule has 0 aromatic heterocycles. The molecule has 42 heavy (non-hydrogen) atoms. The molecule has 1 N–H and O–H groups in total. The zero-order valence-electron chi connectivity index (χ0n) is 18.5. The van der Waals surface area contributed by atoms with Crippen LogP contribution < -0.4 is 0 Å². The van der Waals surface area contributed by atoms with Gasteiger partial charge in [-0.25, -0.2) is 9.59 Å². The number of rotatable bonds is 11. The van der Waals surface area contributed by atoms with Gasteiger partial charge >= 0.3 is 71.6 Å². The van der Waals surface area contributed by atoms with Gasteiger partial charge in [-0.15, -0.1) is 0 Å². The molecule has 0 spiro atoms. The molecule has 0 aliphatic rings. The van der Waals surface area contributed by atoms with Gasteiger partial charge in [0, 0.05) is 6.08 Å². The Balaban J connectivity index is 0. The maximum Gasteiger partial charge on any atom is 0.473 e. The number of carboxylic acid groups (broad SMARTS) is 1. The van der Waals surface area contributed by atoms with Crippen molar-refractivity contribution in [3.05, 3.63) is 25.1 Å². The molecule has 0 aliphatic heterocycles. The van der Waals surface area contributed by atoms with E-state index in [2.05, 4.69) is 17.9 Å². The van der Waals surface area contributed by atoms with Crippen LogP contribution in [-0.4, -0.2) is 76.7 Å². The molecule has 26 heteroatoms. The lowest BCUT2D eigenvalue weighted by Crippen LogP contribution is -2.77. The minimum Gasteiger partial charge on any atom is -0.476 e. The summed E-state index contributed by atoms with van der Waals surface area (Å²) in [4.78, 5) is 19.6. The molecule has 4 nitrogen and oxygen atoms in total. The third-order valence-corrected chi connectivity index (χ3v) is 4.11. The Hall–Kier alpha value is -3.12. The molecule has 0 heterocycles. The van der Waals surface area contributed by atoms with Gasteiger partial charge in [0.2, 0.25) is 5.83 Å². The molecule has 0 saturated heterocycles. The quantitative estimate of drug-likeness (QED) is 0.140. The number of hydrogen-bond acceptors (Lipinski definition) is 3. The molecule has 0 radical (unpaired) electrons. The van der Waals surface area contributed by atoms with Gasteiger partial charge in [-0.3, -0.25) is 0 Å². The molecule has 0 atom stereocenters. The van der Waals surface area contributed by atoms with Crippen LogP contribution in [0.3, 0.4) is 0 Å². The Labute approximate surface area is 214 Å². The van der Waals surface area contributed by atoms with Crippen molar-refractivity contribution >= 4 is 11.9 Å². The maximum absolute atomic E-state index is 13.4. The third kappa shape index (κ3) is 6.01. The number of carbonyl (C=O) groups is 2. The van der Waals surface area contributed by atoms with E-state index in [1.807, 2.05) is 0 Å². The molecule has 0 fully saturated rings. The number of hydrogen-bond donors (Lipinski definition) is 1. The highest BCUT2D eigenvalue weighted by atomic mass is 19.4. The van der Waals surface area contributed by atoms with Gasteiger partial charge in [0.1, 0.15) is 0 Å². The molecule has 0 aliphatic carbocycles. The zero-order valence-corrected chi connectivity index (χ0v) is 18.5. The lowest BCUT2D eigenvalue weighted by molar-refractivity contribution is -0.482. The van der Waals surface area contributed by atoms with Crippen molar-refractivity contribution in [3.63, 3.8) is 0 Å². The maximum atomic E-state index is 13.4. The molecule has 0 rings (SSSR count). The van der Waals surface area contributed by atoms with Crippen molar-refractivity contribution in [2.45, 2.75) is 59.7 Å². The van der Waals surface area contributed by atoms with Crippen molar-refractivity contribution in [2.75, 3.05) is 0 Å². The Morgan fingerprint density at radius 1 is 0.524 bits per heavy atom. The second kappa shape index (κ2) is 11.2. The Bertz CT molecular complexity index is 1030. The molecule has 248 valence electrons. The summed E-state index contributed by atoms with van der Waals surface area (Å²) in [7, 11) is 0. The van der Waals surface area contributed by atoms with Crippen LogP contribution in [0.1, 0.15) is 0 Å². The van der Waals surface area contributed by atoms with Gasteiger partial charge in [-0.1, -0.05) is 13.2 Å². The Morgan fingerprint density at radius 3 is 0.929 bits per heavy atom. The number of alkyl halides is 21. The Kier molecular flexibility index (Phi) is 10.9. The highest BCUT2D eigenvalue weighted by Crippen LogP contribution is 2.66. The van der Waals surface area contributed by atoms with Gasteiger partial charge in [0.25, 0.3) is 0 Å². The summed E-state index contributed by atoms with van der Waals surface area (Å²) >= 11 is 0. The van der Waals surface area contributed by atoms with Crippen molar-refractivity contribution in [3.8, 4) is 0 Å². The number of carboxylic acids is 1. The van der Waals surface area contributed by atoms with E-state index in [9.17, 15) is 106 Å². The number of carbonyl (C=O) groups excluding carboxylic acids is 1. The fourth-order valence-corrected chi connectivity index (χ4v) is 1.78. The SMILES string of the molecule is C=C(F)C(=O)O.C=CC(=O)OC(F)(F)C(F)(F)C(F)(F)C(F)(F)C(F)(F)C(F)(F)C(F)(F)C(F)(F)C(F)(F)C(F)(F)F. The first-order valence-corrected chi connectivity index (χ1v) is 8.75. The number of aliphatic carboxylic acids is 1. The standard InChI is InChI=1S/C13H3F21O2.C3H3FO2/c1-2-3(35)36-13(33,34)11(28,29)9(24,25)7(20,21)5(16,17)4(14,15)6(18,19)8(22,23)10(26,27)12(30,31)32;1-2(4)3(5)6/h2H,1H2;1H2,(H,5,6). The second-order valence-corrected chi connectivity index (χ2v) is 6.94. The topological polar surface area (TPSA) is 63.6 Å². The molecule has 0 aromatic rings. The predicted molar refractivity (Wildman–Crippen MR) is 84.8 cm³/mol. The largest absolute Gasteiger partial charge is 0.476 e. The van der Waals surface area contributed by atoms with E-state index in [0.29, 0.717) is 0 Å². The molecule has 0 amide bonds. The summed E-state index contributed by atoms with van der Waals surface area (Å²) in [5, 5.41) is 7.52. The average Bonchev–Trinajstić information content (AvgIpc) is 2.77. The first-order valence-electron chi connectivity index (χ1n) is 8.75. The van der Waals surface area contributed by atoms with Crippen molar-refractivity contribution in [2.24, 2.45) is 0 Å². The summed E-state index contributed by atoms with van der Waals surface area (Å²) in [6.45, 7) is 4.68. The average molecular weight is 680 g/mol. The summed E-state index contributed by atoms with van der Waals surface area (Å²) in [5.74, 6) is -77.2. The monoisotopic (exact) mass is 680 g/mol. The van der Waals surface area contributed by atoms with E-state index in [1.54, 1.807) is 0 Å². The van der Waals surface area contributed by atoms with Crippen LogP contribution in [0.15, 0.2) is 25.1 Å². The molecule has 0 unspecified atom stereocenters. The van der Waals surface area contributed by atoms with Gasteiger partial charge in [0.05, 0.1) is 0 Å². The second-order valence-electron chi connectivity index (χ2n) is 6.94. The molecular weight excluding hydrogens is 674 g/mol. The first kappa shape index (κ1) is 41.0. The molecule has 0 aromatic carbocycles. The van der Waals surface area contributed by atoms with Gasteiger partial charge in [0.15, 0.2) is 0 Å². The Morgan fingerprint density at radius 2 is 0.738 bits per heavy atom. The minimum atomic E-state index is -9.26. The van der Waals surface area contributed by atoms with E-state index in [0.717, 1.165) is 0 Å². The lowest BCUT2D eigenvalue weighted by atomic mass is 9.87. The van der Waals surface area contributed by atoms with Gasteiger partial charge in [-0.05, 0) is 0 Å².